The SMILES string of the molecule is Cc1ccncc1CNc1cccc(C(N)=O)c1C. The van der Waals surface area contributed by atoms with Crippen molar-refractivity contribution in [3.63, 3.8) is 0 Å². The molecule has 0 aliphatic heterocycles. The van der Waals surface area contributed by atoms with Crippen LogP contribution in [0.2, 0.25) is 0 Å². The van der Waals surface area contributed by atoms with Crippen molar-refractivity contribution >= 4 is 11.6 Å². The number of pyridine rings is 1. The number of anilines is 1. The molecule has 4 nitrogen and oxygen atoms in total. The number of nitrogens with one attached hydrogen (secondary N) is 1. The highest BCUT2D eigenvalue weighted by Gasteiger charge is 2.08. The molecule has 1 aromatic carbocycles. The fraction of sp³-hybridized carbons (Fsp3) is 0.200. The number of carbonyl (C=O) groups is 1. The highest BCUT2D eigenvalue weighted by Crippen LogP contribution is 2.19. The summed E-state index contributed by atoms with van der Waals surface area (Å²) in [5.74, 6) is -0.404. The fourth-order valence-electron chi connectivity index (χ4n) is 1.97. The van der Waals surface area contributed by atoms with E-state index in [4.69, 9.17) is 5.73 Å². The minimum absolute atomic E-state index is 0.404. The van der Waals surface area contributed by atoms with Gasteiger partial charge in [0, 0.05) is 30.2 Å². The number of rotatable bonds is 4. The summed E-state index contributed by atoms with van der Waals surface area (Å²) in [5.41, 5.74) is 9.99. The first-order chi connectivity index (χ1) is 9.09. The number of hydrogen-bond acceptors (Lipinski definition) is 3. The first kappa shape index (κ1) is 13.1. The summed E-state index contributed by atoms with van der Waals surface area (Å²) in [6, 6.07) is 7.47. The Bertz CT molecular complexity index is 608. The first-order valence-corrected chi connectivity index (χ1v) is 6.12. The molecule has 4 heteroatoms. The van der Waals surface area contributed by atoms with E-state index in [0.29, 0.717) is 12.1 Å². The molecule has 0 atom stereocenters. The summed E-state index contributed by atoms with van der Waals surface area (Å²) in [5, 5.41) is 3.32. The zero-order chi connectivity index (χ0) is 13.8. The number of amides is 1. The maximum atomic E-state index is 11.3. The highest BCUT2D eigenvalue weighted by atomic mass is 16.1. The summed E-state index contributed by atoms with van der Waals surface area (Å²) < 4.78 is 0. The molecule has 0 saturated carbocycles. The number of aromatic nitrogens is 1. The van der Waals surface area contributed by atoms with Crippen molar-refractivity contribution < 1.29 is 4.79 Å². The van der Waals surface area contributed by atoms with Crippen LogP contribution in [0.15, 0.2) is 36.7 Å². The van der Waals surface area contributed by atoms with E-state index in [0.717, 1.165) is 16.8 Å². The van der Waals surface area contributed by atoms with Gasteiger partial charge in [-0.15, -0.1) is 0 Å². The van der Waals surface area contributed by atoms with Crippen LogP contribution in [0.3, 0.4) is 0 Å². The van der Waals surface area contributed by atoms with Gasteiger partial charge in [-0.2, -0.15) is 0 Å². The molecule has 0 aliphatic carbocycles. The van der Waals surface area contributed by atoms with E-state index in [2.05, 4.69) is 10.3 Å². The molecule has 2 aromatic rings. The Balaban J connectivity index is 2.19. The predicted octanol–water partition coefficient (Wildman–Crippen LogP) is 2.41. The lowest BCUT2D eigenvalue weighted by atomic mass is 10.1. The number of benzene rings is 1. The van der Waals surface area contributed by atoms with Crippen LogP contribution in [-0.2, 0) is 6.54 Å². The van der Waals surface area contributed by atoms with E-state index in [1.165, 1.54) is 5.56 Å². The summed E-state index contributed by atoms with van der Waals surface area (Å²) in [6.45, 7) is 4.60. The first-order valence-electron chi connectivity index (χ1n) is 6.12. The van der Waals surface area contributed by atoms with E-state index in [1.54, 1.807) is 12.3 Å². The average Bonchev–Trinajstić information content (AvgIpc) is 2.39. The van der Waals surface area contributed by atoms with Crippen LogP contribution in [-0.4, -0.2) is 10.9 Å². The van der Waals surface area contributed by atoms with Gasteiger partial charge in [-0.1, -0.05) is 6.07 Å². The fourth-order valence-corrected chi connectivity index (χ4v) is 1.97. The predicted molar refractivity (Wildman–Crippen MR) is 76.0 cm³/mol. The zero-order valence-electron chi connectivity index (χ0n) is 11.1. The second-order valence-corrected chi connectivity index (χ2v) is 4.50. The van der Waals surface area contributed by atoms with E-state index in [9.17, 15) is 4.79 Å². The third-order valence-electron chi connectivity index (χ3n) is 3.22. The third-order valence-corrected chi connectivity index (χ3v) is 3.22. The van der Waals surface area contributed by atoms with Crippen LogP contribution in [0, 0.1) is 13.8 Å². The molecule has 0 fully saturated rings. The Kier molecular flexibility index (Phi) is 3.80. The van der Waals surface area contributed by atoms with Crippen LogP contribution in [0.1, 0.15) is 27.0 Å². The molecular formula is C15H17N3O. The monoisotopic (exact) mass is 255 g/mol. The van der Waals surface area contributed by atoms with Gasteiger partial charge >= 0.3 is 0 Å². The maximum absolute atomic E-state index is 11.3. The lowest BCUT2D eigenvalue weighted by molar-refractivity contribution is 0.1000. The summed E-state index contributed by atoms with van der Waals surface area (Å²) in [7, 11) is 0. The Morgan fingerprint density at radius 1 is 1.32 bits per heavy atom. The number of hydrogen-bond donors (Lipinski definition) is 2. The van der Waals surface area contributed by atoms with Gasteiger partial charge in [0.25, 0.3) is 0 Å². The van der Waals surface area contributed by atoms with Gasteiger partial charge in [0.05, 0.1) is 0 Å². The molecule has 2 rings (SSSR count). The lowest BCUT2D eigenvalue weighted by Crippen LogP contribution is -2.14. The molecule has 0 bridgehead atoms. The van der Waals surface area contributed by atoms with E-state index in [-0.39, 0.29) is 0 Å². The standard InChI is InChI=1S/C15H17N3O/c1-10-6-7-17-8-12(10)9-18-14-5-3-4-13(11(14)2)15(16)19/h3-8,18H,9H2,1-2H3,(H2,16,19). The third kappa shape index (κ3) is 2.91. The minimum atomic E-state index is -0.404. The van der Waals surface area contributed by atoms with Crippen molar-refractivity contribution in [3.05, 3.63) is 58.9 Å². The van der Waals surface area contributed by atoms with Gasteiger partial charge in [0.15, 0.2) is 0 Å². The molecule has 1 heterocycles. The van der Waals surface area contributed by atoms with Crippen LogP contribution >= 0.6 is 0 Å². The molecule has 0 radical (unpaired) electrons. The van der Waals surface area contributed by atoms with E-state index >= 15 is 0 Å². The summed E-state index contributed by atoms with van der Waals surface area (Å²) in [4.78, 5) is 15.4. The largest absolute Gasteiger partial charge is 0.381 e. The molecule has 0 saturated heterocycles. The summed E-state index contributed by atoms with van der Waals surface area (Å²) in [6.07, 6.45) is 3.62. The number of nitrogens with two attached hydrogens (primary N) is 1. The van der Waals surface area contributed by atoms with Gasteiger partial charge in [-0.25, -0.2) is 0 Å². The van der Waals surface area contributed by atoms with Crippen LogP contribution < -0.4 is 11.1 Å². The van der Waals surface area contributed by atoms with Crippen LogP contribution in [0.5, 0.6) is 0 Å². The molecule has 19 heavy (non-hydrogen) atoms. The van der Waals surface area contributed by atoms with Crippen LogP contribution in [0.4, 0.5) is 5.69 Å². The zero-order valence-corrected chi connectivity index (χ0v) is 11.1. The number of nitrogens with zero attached hydrogens (tertiary/aromatic N) is 1. The van der Waals surface area contributed by atoms with Crippen molar-refractivity contribution in [1.29, 1.82) is 0 Å². The molecule has 0 spiro atoms. The minimum Gasteiger partial charge on any atom is -0.381 e. The molecule has 3 N–H and O–H groups in total. The average molecular weight is 255 g/mol. The number of primary amides is 1. The van der Waals surface area contributed by atoms with Crippen molar-refractivity contribution in [3.8, 4) is 0 Å². The van der Waals surface area contributed by atoms with Crippen molar-refractivity contribution in [1.82, 2.24) is 4.98 Å². The second kappa shape index (κ2) is 5.52. The molecular weight excluding hydrogens is 238 g/mol. The maximum Gasteiger partial charge on any atom is 0.249 e. The van der Waals surface area contributed by atoms with E-state index in [1.807, 2.05) is 38.2 Å². The topological polar surface area (TPSA) is 68.0 Å². The Labute approximate surface area is 112 Å². The molecule has 0 aliphatic rings. The van der Waals surface area contributed by atoms with Gasteiger partial charge in [0.2, 0.25) is 5.91 Å². The Hall–Kier alpha value is -2.36. The van der Waals surface area contributed by atoms with Crippen molar-refractivity contribution in [2.24, 2.45) is 5.73 Å². The lowest BCUT2D eigenvalue weighted by Gasteiger charge is -2.12. The Morgan fingerprint density at radius 2 is 2.11 bits per heavy atom. The second-order valence-electron chi connectivity index (χ2n) is 4.50. The molecule has 98 valence electrons. The van der Waals surface area contributed by atoms with E-state index < -0.39 is 5.91 Å². The van der Waals surface area contributed by atoms with Gasteiger partial charge in [-0.3, -0.25) is 9.78 Å². The summed E-state index contributed by atoms with van der Waals surface area (Å²) >= 11 is 0. The normalized spacial score (nSPS) is 10.2. The molecule has 1 amide bonds. The smallest absolute Gasteiger partial charge is 0.249 e. The van der Waals surface area contributed by atoms with Crippen LogP contribution in [0.25, 0.3) is 0 Å². The van der Waals surface area contributed by atoms with Gasteiger partial charge < -0.3 is 11.1 Å². The quantitative estimate of drug-likeness (QED) is 0.881. The van der Waals surface area contributed by atoms with Gasteiger partial charge in [-0.05, 0) is 48.7 Å². The number of aryl methyl sites for hydroxylation is 1. The Morgan fingerprint density at radius 3 is 2.79 bits per heavy atom. The molecule has 0 unspecified atom stereocenters. The van der Waals surface area contributed by atoms with Gasteiger partial charge in [0.1, 0.15) is 0 Å². The van der Waals surface area contributed by atoms with Crippen molar-refractivity contribution in [2.45, 2.75) is 20.4 Å². The highest BCUT2D eigenvalue weighted by molar-refractivity contribution is 5.95. The molecule has 1 aromatic heterocycles. The van der Waals surface area contributed by atoms with Crippen molar-refractivity contribution in [2.75, 3.05) is 5.32 Å². The number of carbonyl (C=O) groups excluding carboxylic acids is 1.